The maximum Gasteiger partial charge on any atom is 0.240 e. The van der Waals surface area contributed by atoms with Crippen LogP contribution in [0.3, 0.4) is 0 Å². The van der Waals surface area contributed by atoms with Crippen molar-refractivity contribution in [1.29, 1.82) is 0 Å². The predicted molar refractivity (Wildman–Crippen MR) is 71.5 cm³/mol. The summed E-state index contributed by atoms with van der Waals surface area (Å²) in [6, 6.07) is 0.499. The first-order valence-corrected chi connectivity index (χ1v) is 6.50. The maximum atomic E-state index is 5.19. The van der Waals surface area contributed by atoms with Gasteiger partial charge in [-0.05, 0) is 25.5 Å². The quantitative estimate of drug-likeness (QED) is 0.798. The molecule has 0 atom stereocenters. The second-order valence-electron chi connectivity index (χ2n) is 4.81. The van der Waals surface area contributed by atoms with E-state index in [2.05, 4.69) is 39.3 Å². The second-order valence-corrected chi connectivity index (χ2v) is 4.81. The number of nitrogens with zero attached hydrogens (tertiary/aromatic N) is 4. The molecular weight excluding hydrogens is 242 g/mol. The van der Waals surface area contributed by atoms with Gasteiger partial charge in [0.1, 0.15) is 0 Å². The van der Waals surface area contributed by atoms with Gasteiger partial charge in [-0.3, -0.25) is 0 Å². The molecule has 0 saturated heterocycles. The molecule has 0 aliphatic heterocycles. The zero-order valence-electron chi connectivity index (χ0n) is 11.6. The van der Waals surface area contributed by atoms with Gasteiger partial charge in [-0.25, -0.2) is 9.97 Å². The SMILES string of the molecule is Cc1cnc(-c2noc(CCCNC(C)C)n2)nc1. The van der Waals surface area contributed by atoms with Crippen LogP contribution in [0, 0.1) is 6.92 Å². The molecule has 0 fully saturated rings. The van der Waals surface area contributed by atoms with Crippen LogP contribution in [-0.2, 0) is 6.42 Å². The summed E-state index contributed by atoms with van der Waals surface area (Å²) < 4.78 is 5.19. The van der Waals surface area contributed by atoms with Crippen molar-refractivity contribution in [2.24, 2.45) is 0 Å². The van der Waals surface area contributed by atoms with Crippen molar-refractivity contribution < 1.29 is 4.52 Å². The van der Waals surface area contributed by atoms with Gasteiger partial charge in [-0.15, -0.1) is 0 Å². The third kappa shape index (κ3) is 4.10. The highest BCUT2D eigenvalue weighted by atomic mass is 16.5. The zero-order valence-corrected chi connectivity index (χ0v) is 11.6. The van der Waals surface area contributed by atoms with Crippen molar-refractivity contribution in [3.8, 4) is 11.6 Å². The van der Waals surface area contributed by atoms with Crippen LogP contribution in [-0.4, -0.2) is 32.7 Å². The molecule has 6 nitrogen and oxygen atoms in total. The lowest BCUT2D eigenvalue weighted by molar-refractivity contribution is 0.373. The molecule has 0 unspecified atom stereocenters. The average Bonchev–Trinajstić information content (AvgIpc) is 2.84. The third-order valence-electron chi connectivity index (χ3n) is 2.57. The summed E-state index contributed by atoms with van der Waals surface area (Å²) in [5, 5.41) is 7.24. The van der Waals surface area contributed by atoms with Gasteiger partial charge >= 0.3 is 0 Å². The number of aromatic nitrogens is 4. The fourth-order valence-electron chi connectivity index (χ4n) is 1.59. The van der Waals surface area contributed by atoms with Gasteiger partial charge in [0.05, 0.1) is 0 Å². The molecule has 0 bridgehead atoms. The van der Waals surface area contributed by atoms with Crippen LogP contribution in [0.4, 0.5) is 0 Å². The third-order valence-corrected chi connectivity index (χ3v) is 2.57. The Hall–Kier alpha value is -1.82. The van der Waals surface area contributed by atoms with E-state index in [0.717, 1.165) is 24.9 Å². The maximum absolute atomic E-state index is 5.19. The standard InChI is InChI=1S/C13H19N5O/c1-9(2)14-6-4-5-11-17-13(18-19-11)12-15-7-10(3)8-16-12/h7-9,14H,4-6H2,1-3H3. The number of hydrogen-bond acceptors (Lipinski definition) is 6. The molecule has 102 valence electrons. The smallest absolute Gasteiger partial charge is 0.240 e. The van der Waals surface area contributed by atoms with Crippen molar-refractivity contribution in [3.63, 3.8) is 0 Å². The van der Waals surface area contributed by atoms with Crippen molar-refractivity contribution in [1.82, 2.24) is 25.4 Å². The van der Waals surface area contributed by atoms with E-state index >= 15 is 0 Å². The van der Waals surface area contributed by atoms with Gasteiger partial charge in [0.2, 0.25) is 17.5 Å². The minimum Gasteiger partial charge on any atom is -0.339 e. The Morgan fingerprint density at radius 1 is 1.21 bits per heavy atom. The summed E-state index contributed by atoms with van der Waals surface area (Å²) in [7, 11) is 0. The van der Waals surface area contributed by atoms with Gasteiger partial charge < -0.3 is 9.84 Å². The Morgan fingerprint density at radius 2 is 1.95 bits per heavy atom. The molecule has 0 spiro atoms. The minimum atomic E-state index is 0.451. The first kappa shape index (κ1) is 13.6. The Kier molecular flexibility index (Phi) is 4.57. The highest BCUT2D eigenvalue weighted by Gasteiger charge is 2.10. The fraction of sp³-hybridized carbons (Fsp3) is 0.538. The highest BCUT2D eigenvalue weighted by molar-refractivity contribution is 5.40. The summed E-state index contributed by atoms with van der Waals surface area (Å²) in [5.74, 6) is 1.58. The summed E-state index contributed by atoms with van der Waals surface area (Å²) in [4.78, 5) is 12.6. The molecule has 2 rings (SSSR count). The molecule has 0 aliphatic carbocycles. The van der Waals surface area contributed by atoms with Gasteiger partial charge in [-0.1, -0.05) is 19.0 Å². The van der Waals surface area contributed by atoms with Crippen LogP contribution in [0.15, 0.2) is 16.9 Å². The summed E-state index contributed by atoms with van der Waals surface area (Å²) in [5.41, 5.74) is 1.01. The van der Waals surface area contributed by atoms with E-state index < -0.39 is 0 Å². The molecule has 0 radical (unpaired) electrons. The zero-order chi connectivity index (χ0) is 13.7. The van der Waals surface area contributed by atoms with Crippen molar-refractivity contribution in [2.45, 2.75) is 39.7 Å². The Morgan fingerprint density at radius 3 is 2.63 bits per heavy atom. The van der Waals surface area contributed by atoms with Crippen molar-refractivity contribution >= 4 is 0 Å². The monoisotopic (exact) mass is 261 g/mol. The van der Waals surface area contributed by atoms with Crippen LogP contribution in [0.25, 0.3) is 11.6 Å². The van der Waals surface area contributed by atoms with E-state index in [9.17, 15) is 0 Å². The topological polar surface area (TPSA) is 76.7 Å². The number of hydrogen-bond donors (Lipinski definition) is 1. The first-order valence-electron chi connectivity index (χ1n) is 6.50. The van der Waals surface area contributed by atoms with Crippen LogP contribution in [0.5, 0.6) is 0 Å². The van der Waals surface area contributed by atoms with Crippen LogP contribution in [0.1, 0.15) is 31.7 Å². The highest BCUT2D eigenvalue weighted by Crippen LogP contribution is 2.10. The van der Waals surface area contributed by atoms with Gasteiger partial charge in [0, 0.05) is 24.9 Å². The molecule has 0 aromatic carbocycles. The van der Waals surface area contributed by atoms with E-state index in [1.54, 1.807) is 12.4 Å². The lowest BCUT2D eigenvalue weighted by Crippen LogP contribution is -2.23. The van der Waals surface area contributed by atoms with E-state index in [1.807, 2.05) is 6.92 Å². The van der Waals surface area contributed by atoms with Gasteiger partial charge in [-0.2, -0.15) is 4.98 Å². The lowest BCUT2D eigenvalue weighted by atomic mass is 10.3. The first-order chi connectivity index (χ1) is 9.15. The normalized spacial score (nSPS) is 11.2. The van der Waals surface area contributed by atoms with E-state index in [-0.39, 0.29) is 0 Å². The molecule has 0 aliphatic rings. The van der Waals surface area contributed by atoms with E-state index in [0.29, 0.717) is 23.6 Å². The summed E-state index contributed by atoms with van der Waals surface area (Å²) in [6.07, 6.45) is 5.21. The van der Waals surface area contributed by atoms with Crippen molar-refractivity contribution in [2.75, 3.05) is 6.54 Å². The van der Waals surface area contributed by atoms with Crippen LogP contribution in [0.2, 0.25) is 0 Å². The molecule has 0 amide bonds. The molecule has 19 heavy (non-hydrogen) atoms. The number of aryl methyl sites for hydroxylation is 2. The average molecular weight is 261 g/mol. The summed E-state index contributed by atoms with van der Waals surface area (Å²) in [6.45, 7) is 7.13. The van der Waals surface area contributed by atoms with Gasteiger partial charge in [0.25, 0.3) is 0 Å². The minimum absolute atomic E-state index is 0.451. The molecule has 0 saturated carbocycles. The molecule has 2 aromatic rings. The van der Waals surface area contributed by atoms with Crippen LogP contribution >= 0.6 is 0 Å². The molecular formula is C13H19N5O. The predicted octanol–water partition coefficient (Wildman–Crippen LogP) is 1.77. The summed E-state index contributed by atoms with van der Waals surface area (Å²) >= 11 is 0. The number of rotatable bonds is 6. The van der Waals surface area contributed by atoms with E-state index in [1.165, 1.54) is 0 Å². The number of nitrogens with one attached hydrogen (secondary N) is 1. The Balaban J connectivity index is 1.90. The Labute approximate surface area is 112 Å². The van der Waals surface area contributed by atoms with Crippen molar-refractivity contribution in [3.05, 3.63) is 23.8 Å². The fourth-order valence-corrected chi connectivity index (χ4v) is 1.59. The van der Waals surface area contributed by atoms with E-state index in [4.69, 9.17) is 4.52 Å². The lowest BCUT2D eigenvalue weighted by Gasteiger charge is -2.05. The second kappa shape index (κ2) is 6.38. The molecule has 6 heteroatoms. The molecule has 2 heterocycles. The van der Waals surface area contributed by atoms with Crippen LogP contribution < -0.4 is 5.32 Å². The molecule has 2 aromatic heterocycles. The largest absolute Gasteiger partial charge is 0.339 e. The molecule has 1 N–H and O–H groups in total. The van der Waals surface area contributed by atoms with Gasteiger partial charge in [0.15, 0.2) is 0 Å². The Bertz CT molecular complexity index is 506.